The van der Waals surface area contributed by atoms with Crippen LogP contribution in [-0.2, 0) is 6.54 Å². The first-order chi connectivity index (χ1) is 10.1. The lowest BCUT2D eigenvalue weighted by Gasteiger charge is -2.24. The van der Waals surface area contributed by atoms with Gasteiger partial charge in [-0.05, 0) is 17.7 Å². The largest absolute Gasteiger partial charge is 0.390 e. The van der Waals surface area contributed by atoms with Gasteiger partial charge in [0.25, 0.3) is 5.91 Å². The van der Waals surface area contributed by atoms with Gasteiger partial charge in [0.05, 0.1) is 21.2 Å². The van der Waals surface area contributed by atoms with Crippen LogP contribution in [0.25, 0.3) is 0 Å². The van der Waals surface area contributed by atoms with Crippen molar-refractivity contribution in [1.29, 1.82) is 0 Å². The van der Waals surface area contributed by atoms with Gasteiger partial charge in [-0.1, -0.05) is 41.9 Å². The molecule has 0 spiro atoms. The number of halogens is 2. The van der Waals surface area contributed by atoms with Gasteiger partial charge < -0.3 is 10.0 Å². The molecule has 0 aliphatic carbocycles. The number of amides is 1. The van der Waals surface area contributed by atoms with Crippen LogP contribution in [0, 0.1) is 0 Å². The molecular weight excluding hydrogens is 329 g/mol. The summed E-state index contributed by atoms with van der Waals surface area (Å²) in [6.07, 6.45) is -0.755. The number of rotatable bonds is 6. The topological polar surface area (TPSA) is 40.5 Å². The van der Waals surface area contributed by atoms with Crippen LogP contribution in [0.1, 0.15) is 15.2 Å². The predicted octanol–water partition coefficient (Wildman–Crippen LogP) is 3.64. The van der Waals surface area contributed by atoms with E-state index in [2.05, 4.69) is 0 Å². The Morgan fingerprint density at radius 2 is 1.95 bits per heavy atom. The van der Waals surface area contributed by atoms with Gasteiger partial charge in [-0.15, -0.1) is 22.9 Å². The molecule has 0 aliphatic heterocycles. The summed E-state index contributed by atoms with van der Waals surface area (Å²) in [6.45, 7) is 0.607. The summed E-state index contributed by atoms with van der Waals surface area (Å²) in [6, 6.07) is 13.0. The number of carbonyl (C=O) groups excluding carboxylic acids is 1. The van der Waals surface area contributed by atoms with E-state index in [0.717, 1.165) is 5.56 Å². The number of hydrogen-bond acceptors (Lipinski definition) is 3. The molecule has 0 aliphatic rings. The molecule has 6 heteroatoms. The summed E-state index contributed by atoms with van der Waals surface area (Å²) in [4.78, 5) is 14.7. The molecule has 1 unspecified atom stereocenters. The van der Waals surface area contributed by atoms with Gasteiger partial charge in [-0.25, -0.2) is 0 Å². The number of benzene rings is 1. The lowest BCUT2D eigenvalue weighted by molar-refractivity contribution is 0.0639. The Balaban J connectivity index is 2.17. The van der Waals surface area contributed by atoms with Crippen LogP contribution in [0.4, 0.5) is 0 Å². The summed E-state index contributed by atoms with van der Waals surface area (Å²) in [7, 11) is 0. The molecule has 0 radical (unpaired) electrons. The number of hydrogen-bond donors (Lipinski definition) is 1. The van der Waals surface area contributed by atoms with Crippen molar-refractivity contribution in [1.82, 2.24) is 4.90 Å². The molecule has 21 heavy (non-hydrogen) atoms. The monoisotopic (exact) mass is 343 g/mol. The van der Waals surface area contributed by atoms with Crippen molar-refractivity contribution in [2.24, 2.45) is 0 Å². The zero-order valence-electron chi connectivity index (χ0n) is 11.2. The first kappa shape index (κ1) is 16.3. The van der Waals surface area contributed by atoms with Crippen molar-refractivity contribution >= 4 is 40.4 Å². The Morgan fingerprint density at radius 3 is 2.52 bits per heavy atom. The lowest BCUT2D eigenvalue weighted by Crippen LogP contribution is -2.37. The number of aliphatic hydroxyl groups is 1. The van der Waals surface area contributed by atoms with Crippen LogP contribution in [0.2, 0.25) is 4.34 Å². The Hall–Kier alpha value is -1.07. The second-order valence-corrected chi connectivity index (χ2v) is 6.61. The van der Waals surface area contributed by atoms with Crippen LogP contribution >= 0.6 is 34.5 Å². The number of thiophene rings is 1. The van der Waals surface area contributed by atoms with Crippen LogP contribution in [-0.4, -0.2) is 34.4 Å². The van der Waals surface area contributed by atoms with Gasteiger partial charge in [-0.3, -0.25) is 4.79 Å². The zero-order chi connectivity index (χ0) is 15.2. The lowest BCUT2D eigenvalue weighted by atomic mass is 10.2. The zero-order valence-corrected chi connectivity index (χ0v) is 13.5. The number of carbonyl (C=O) groups is 1. The fraction of sp³-hybridized carbons (Fsp3) is 0.267. The smallest absolute Gasteiger partial charge is 0.264 e. The van der Waals surface area contributed by atoms with Gasteiger partial charge in [-0.2, -0.15) is 0 Å². The maximum absolute atomic E-state index is 12.5. The first-order valence-corrected chi connectivity index (χ1v) is 8.15. The van der Waals surface area contributed by atoms with Crippen LogP contribution in [0.5, 0.6) is 0 Å². The fourth-order valence-corrected chi connectivity index (χ4v) is 3.02. The van der Waals surface area contributed by atoms with Crippen LogP contribution < -0.4 is 0 Å². The summed E-state index contributed by atoms with van der Waals surface area (Å²) in [5.41, 5.74) is 0.996. The van der Waals surface area contributed by atoms with Gasteiger partial charge in [0.1, 0.15) is 0 Å². The third-order valence-electron chi connectivity index (χ3n) is 2.90. The van der Waals surface area contributed by atoms with E-state index < -0.39 is 6.10 Å². The van der Waals surface area contributed by atoms with E-state index in [1.165, 1.54) is 11.3 Å². The van der Waals surface area contributed by atoms with Crippen molar-refractivity contribution in [3.8, 4) is 0 Å². The van der Waals surface area contributed by atoms with Crippen molar-refractivity contribution in [2.75, 3.05) is 12.4 Å². The summed E-state index contributed by atoms with van der Waals surface area (Å²) in [5.74, 6) is -0.0658. The van der Waals surface area contributed by atoms with Crippen molar-refractivity contribution in [2.45, 2.75) is 12.6 Å². The maximum atomic E-state index is 12.5. The SMILES string of the molecule is O=C(c1ccc(Cl)s1)N(Cc1ccccc1)CC(O)CCl. The molecule has 0 saturated carbocycles. The molecule has 2 rings (SSSR count). The minimum Gasteiger partial charge on any atom is -0.390 e. The third kappa shape index (κ3) is 4.71. The molecule has 1 heterocycles. The third-order valence-corrected chi connectivity index (χ3v) is 4.47. The van der Waals surface area contributed by atoms with Gasteiger partial charge in [0, 0.05) is 13.1 Å². The minimum atomic E-state index is -0.755. The molecule has 1 N–H and O–H groups in total. The van der Waals surface area contributed by atoms with Gasteiger partial charge >= 0.3 is 0 Å². The van der Waals surface area contributed by atoms with E-state index in [1.807, 2.05) is 30.3 Å². The van der Waals surface area contributed by atoms with Crippen LogP contribution in [0.3, 0.4) is 0 Å². The average Bonchev–Trinajstić information content (AvgIpc) is 2.93. The first-order valence-electron chi connectivity index (χ1n) is 6.42. The maximum Gasteiger partial charge on any atom is 0.264 e. The minimum absolute atomic E-state index is 0.0871. The van der Waals surface area contributed by atoms with E-state index in [1.54, 1.807) is 17.0 Å². The Bertz CT molecular complexity index is 588. The molecule has 0 fully saturated rings. The molecule has 0 saturated heterocycles. The van der Waals surface area contributed by atoms with E-state index in [4.69, 9.17) is 23.2 Å². The quantitative estimate of drug-likeness (QED) is 0.813. The second kappa shape index (κ2) is 7.80. The van der Waals surface area contributed by atoms with Crippen molar-refractivity contribution < 1.29 is 9.90 Å². The van der Waals surface area contributed by atoms with Gasteiger partial charge in [0.15, 0.2) is 0 Å². The molecule has 1 aromatic carbocycles. The number of alkyl halides is 1. The highest BCUT2D eigenvalue weighted by Crippen LogP contribution is 2.23. The summed E-state index contributed by atoms with van der Waals surface area (Å²) < 4.78 is 0.566. The highest BCUT2D eigenvalue weighted by molar-refractivity contribution is 7.17. The Kier molecular flexibility index (Phi) is 6.06. The highest BCUT2D eigenvalue weighted by Gasteiger charge is 2.20. The molecular formula is C15H15Cl2NO2S. The second-order valence-electron chi connectivity index (χ2n) is 4.58. The molecule has 3 nitrogen and oxygen atoms in total. The molecule has 1 amide bonds. The predicted molar refractivity (Wildman–Crippen MR) is 87.2 cm³/mol. The van der Waals surface area contributed by atoms with Crippen LogP contribution in [0.15, 0.2) is 42.5 Å². The van der Waals surface area contributed by atoms with E-state index in [0.29, 0.717) is 15.8 Å². The Morgan fingerprint density at radius 1 is 1.24 bits per heavy atom. The summed E-state index contributed by atoms with van der Waals surface area (Å²) in [5, 5.41) is 9.76. The van der Waals surface area contributed by atoms with Crippen molar-refractivity contribution in [3.63, 3.8) is 0 Å². The number of aliphatic hydroxyl groups excluding tert-OH is 1. The van der Waals surface area contributed by atoms with Crippen molar-refractivity contribution in [3.05, 3.63) is 57.2 Å². The van der Waals surface area contributed by atoms with E-state index in [9.17, 15) is 9.90 Å². The molecule has 112 valence electrons. The number of nitrogens with zero attached hydrogens (tertiary/aromatic N) is 1. The summed E-state index contributed by atoms with van der Waals surface area (Å²) >= 11 is 12.8. The highest BCUT2D eigenvalue weighted by atomic mass is 35.5. The standard InChI is InChI=1S/C15H15Cl2NO2S/c16-8-12(19)10-18(9-11-4-2-1-3-5-11)15(20)13-6-7-14(17)21-13/h1-7,12,19H,8-10H2. The average molecular weight is 344 g/mol. The molecule has 2 aromatic rings. The molecule has 0 bridgehead atoms. The van der Waals surface area contributed by atoms with Gasteiger partial charge in [0.2, 0.25) is 0 Å². The molecule has 1 atom stereocenters. The fourth-order valence-electron chi connectivity index (χ4n) is 1.91. The van der Waals surface area contributed by atoms with E-state index in [-0.39, 0.29) is 18.3 Å². The Labute approximate surface area is 137 Å². The van der Waals surface area contributed by atoms with E-state index >= 15 is 0 Å². The normalized spacial score (nSPS) is 12.1. The molecule has 1 aromatic heterocycles.